The minimum atomic E-state index is -0.101. The molecule has 0 bridgehead atoms. The molecule has 0 atom stereocenters. The fourth-order valence-corrected chi connectivity index (χ4v) is 3.37. The van der Waals surface area contributed by atoms with Gasteiger partial charge in [0.05, 0.1) is 30.6 Å². The Bertz CT molecular complexity index is 935. The first-order chi connectivity index (χ1) is 13.7. The number of ether oxygens (including phenoxy) is 2. The van der Waals surface area contributed by atoms with Crippen LogP contribution in [0, 0.1) is 0 Å². The normalized spacial score (nSPS) is 10.4. The summed E-state index contributed by atoms with van der Waals surface area (Å²) in [4.78, 5) is 20.9. The highest BCUT2D eigenvalue weighted by Gasteiger charge is 2.10. The summed E-state index contributed by atoms with van der Waals surface area (Å²) in [5.74, 6) is 1.74. The average molecular weight is 395 g/mol. The van der Waals surface area contributed by atoms with E-state index in [-0.39, 0.29) is 5.91 Å². The Morgan fingerprint density at radius 1 is 1.04 bits per heavy atom. The van der Waals surface area contributed by atoms with E-state index in [9.17, 15) is 4.79 Å². The fraction of sp³-hybridized carbons (Fsp3) is 0.190. The quantitative estimate of drug-likeness (QED) is 0.453. The number of amides is 1. The molecule has 144 valence electrons. The van der Waals surface area contributed by atoms with Crippen LogP contribution < -0.4 is 14.8 Å². The number of rotatable bonds is 8. The predicted octanol–water partition coefficient (Wildman–Crippen LogP) is 4.28. The van der Waals surface area contributed by atoms with Crippen LogP contribution in [0.4, 0.5) is 5.69 Å². The number of aromatic nitrogens is 2. The monoisotopic (exact) mass is 395 g/mol. The molecule has 0 saturated heterocycles. The number of hydrogen-bond donors (Lipinski definition) is 1. The molecule has 1 amide bonds. The second-order valence-corrected chi connectivity index (χ2v) is 6.94. The molecule has 3 aromatic rings. The van der Waals surface area contributed by atoms with Crippen LogP contribution in [-0.2, 0) is 4.79 Å². The van der Waals surface area contributed by atoms with Crippen LogP contribution in [0.1, 0.15) is 6.42 Å². The number of anilines is 1. The van der Waals surface area contributed by atoms with Crippen LogP contribution in [0.25, 0.3) is 11.3 Å². The van der Waals surface area contributed by atoms with Crippen molar-refractivity contribution in [2.45, 2.75) is 11.4 Å². The lowest BCUT2D eigenvalue weighted by Gasteiger charge is -2.11. The molecule has 0 unspecified atom stereocenters. The van der Waals surface area contributed by atoms with Gasteiger partial charge in [-0.1, -0.05) is 30.3 Å². The molecule has 28 heavy (non-hydrogen) atoms. The van der Waals surface area contributed by atoms with Crippen molar-refractivity contribution in [3.63, 3.8) is 0 Å². The van der Waals surface area contributed by atoms with Gasteiger partial charge in [-0.3, -0.25) is 4.79 Å². The Kier molecular flexibility index (Phi) is 6.86. The number of nitrogens with one attached hydrogen (secondary N) is 1. The maximum Gasteiger partial charge on any atom is 0.225 e. The lowest BCUT2D eigenvalue weighted by atomic mass is 10.1. The van der Waals surface area contributed by atoms with Crippen LogP contribution in [0.2, 0.25) is 0 Å². The van der Waals surface area contributed by atoms with Gasteiger partial charge < -0.3 is 14.8 Å². The fourth-order valence-electron chi connectivity index (χ4n) is 2.56. The highest BCUT2D eigenvalue weighted by molar-refractivity contribution is 7.99. The molecule has 0 aliphatic heterocycles. The van der Waals surface area contributed by atoms with Gasteiger partial charge in [0, 0.05) is 23.8 Å². The van der Waals surface area contributed by atoms with Crippen LogP contribution in [0.5, 0.6) is 11.5 Å². The molecule has 0 aliphatic carbocycles. The summed E-state index contributed by atoms with van der Waals surface area (Å²) in [7, 11) is 3.14. The molecule has 3 rings (SSSR count). The molecule has 6 nitrogen and oxygen atoms in total. The first-order valence-electron chi connectivity index (χ1n) is 8.71. The Balaban J connectivity index is 1.56. The molecule has 0 aliphatic rings. The van der Waals surface area contributed by atoms with Crippen molar-refractivity contribution >= 4 is 23.4 Å². The van der Waals surface area contributed by atoms with Crippen molar-refractivity contribution in [1.82, 2.24) is 9.97 Å². The smallest absolute Gasteiger partial charge is 0.225 e. The van der Waals surface area contributed by atoms with Gasteiger partial charge in [-0.05, 0) is 18.2 Å². The van der Waals surface area contributed by atoms with Crippen LogP contribution in [0.3, 0.4) is 0 Å². The van der Waals surface area contributed by atoms with Crippen molar-refractivity contribution in [3.8, 4) is 22.8 Å². The highest BCUT2D eigenvalue weighted by atomic mass is 32.2. The number of benzene rings is 2. The van der Waals surface area contributed by atoms with E-state index < -0.39 is 0 Å². The highest BCUT2D eigenvalue weighted by Crippen LogP contribution is 2.29. The maximum absolute atomic E-state index is 12.3. The molecule has 0 saturated carbocycles. The number of carbonyl (C=O) groups is 1. The Labute approximate surface area is 168 Å². The van der Waals surface area contributed by atoms with Gasteiger partial charge in [0.2, 0.25) is 5.91 Å². The molecule has 0 radical (unpaired) electrons. The van der Waals surface area contributed by atoms with Gasteiger partial charge in [0.1, 0.15) is 17.8 Å². The summed E-state index contributed by atoms with van der Waals surface area (Å²) < 4.78 is 10.5. The molecule has 1 N–H and O–H groups in total. The minimum Gasteiger partial charge on any atom is -0.497 e. The summed E-state index contributed by atoms with van der Waals surface area (Å²) in [6, 6.07) is 17.1. The van der Waals surface area contributed by atoms with E-state index in [1.165, 1.54) is 11.8 Å². The van der Waals surface area contributed by atoms with Crippen LogP contribution in [0.15, 0.2) is 66.0 Å². The third kappa shape index (κ3) is 5.23. The summed E-state index contributed by atoms with van der Waals surface area (Å²) in [5, 5.41) is 3.70. The SMILES string of the molecule is COc1ccc(OC)c(NC(=O)CCSc2cc(-c3ccccc3)ncn2)c1. The van der Waals surface area contributed by atoms with Gasteiger partial charge in [-0.15, -0.1) is 11.8 Å². The first kappa shape index (κ1) is 19.7. The maximum atomic E-state index is 12.3. The number of hydrogen-bond acceptors (Lipinski definition) is 6. The molecular weight excluding hydrogens is 374 g/mol. The second kappa shape index (κ2) is 9.75. The van der Waals surface area contributed by atoms with E-state index in [0.29, 0.717) is 29.4 Å². The number of nitrogens with zero attached hydrogens (tertiary/aromatic N) is 2. The van der Waals surface area contributed by atoms with Crippen molar-refractivity contribution in [3.05, 3.63) is 60.9 Å². The van der Waals surface area contributed by atoms with E-state index in [1.54, 1.807) is 38.7 Å². The lowest BCUT2D eigenvalue weighted by Crippen LogP contribution is -2.13. The Morgan fingerprint density at radius 2 is 1.86 bits per heavy atom. The molecule has 0 spiro atoms. The van der Waals surface area contributed by atoms with Crippen molar-refractivity contribution in [1.29, 1.82) is 0 Å². The van der Waals surface area contributed by atoms with Crippen molar-refractivity contribution in [2.75, 3.05) is 25.3 Å². The lowest BCUT2D eigenvalue weighted by molar-refractivity contribution is -0.115. The summed E-state index contributed by atoms with van der Waals surface area (Å²) in [5.41, 5.74) is 2.49. The average Bonchev–Trinajstić information content (AvgIpc) is 2.74. The number of carbonyl (C=O) groups excluding carboxylic acids is 1. The van der Waals surface area contributed by atoms with E-state index >= 15 is 0 Å². The van der Waals surface area contributed by atoms with Crippen molar-refractivity contribution < 1.29 is 14.3 Å². The Morgan fingerprint density at radius 3 is 2.61 bits per heavy atom. The second-order valence-electron chi connectivity index (χ2n) is 5.82. The topological polar surface area (TPSA) is 73.3 Å². The zero-order chi connectivity index (χ0) is 19.8. The molecule has 0 fully saturated rings. The van der Waals surface area contributed by atoms with Gasteiger partial charge in [0.15, 0.2) is 0 Å². The zero-order valence-corrected chi connectivity index (χ0v) is 16.5. The third-order valence-electron chi connectivity index (χ3n) is 3.97. The van der Waals surface area contributed by atoms with Crippen molar-refractivity contribution in [2.24, 2.45) is 0 Å². The number of methoxy groups -OCH3 is 2. The molecular formula is C21H21N3O3S. The van der Waals surface area contributed by atoms with E-state index in [0.717, 1.165) is 16.3 Å². The third-order valence-corrected chi connectivity index (χ3v) is 4.90. The predicted molar refractivity (Wildman–Crippen MR) is 111 cm³/mol. The Hall–Kier alpha value is -3.06. The van der Waals surface area contributed by atoms with Crippen LogP contribution in [-0.4, -0.2) is 35.8 Å². The molecule has 1 aromatic heterocycles. The van der Waals surface area contributed by atoms with Gasteiger partial charge in [-0.2, -0.15) is 0 Å². The zero-order valence-electron chi connectivity index (χ0n) is 15.7. The summed E-state index contributed by atoms with van der Waals surface area (Å²) in [6.45, 7) is 0. The van der Waals surface area contributed by atoms with E-state index in [4.69, 9.17) is 9.47 Å². The van der Waals surface area contributed by atoms with Gasteiger partial charge in [0.25, 0.3) is 0 Å². The largest absolute Gasteiger partial charge is 0.497 e. The van der Waals surface area contributed by atoms with Crippen LogP contribution >= 0.6 is 11.8 Å². The van der Waals surface area contributed by atoms with Gasteiger partial charge >= 0.3 is 0 Å². The first-order valence-corrected chi connectivity index (χ1v) is 9.70. The molecule has 7 heteroatoms. The standard InChI is InChI=1S/C21H21N3O3S/c1-26-16-8-9-19(27-2)18(12-16)24-20(25)10-11-28-21-13-17(22-14-23-21)15-6-4-3-5-7-15/h3-9,12-14H,10-11H2,1-2H3,(H,24,25). The number of thioether (sulfide) groups is 1. The van der Waals surface area contributed by atoms with Gasteiger partial charge in [-0.25, -0.2) is 9.97 Å². The summed E-state index contributed by atoms with van der Waals surface area (Å²) >= 11 is 1.52. The van der Waals surface area contributed by atoms with E-state index in [1.807, 2.05) is 36.4 Å². The summed E-state index contributed by atoms with van der Waals surface area (Å²) in [6.07, 6.45) is 1.89. The molecule has 2 aromatic carbocycles. The minimum absolute atomic E-state index is 0.101. The van der Waals surface area contributed by atoms with E-state index in [2.05, 4.69) is 15.3 Å². The molecule has 1 heterocycles.